The van der Waals surface area contributed by atoms with Crippen LogP contribution < -0.4 is 10.1 Å². The molecule has 0 saturated heterocycles. The molecule has 0 spiro atoms. The first kappa shape index (κ1) is 15.1. The van der Waals surface area contributed by atoms with Gasteiger partial charge in [-0.05, 0) is 35.9 Å². The van der Waals surface area contributed by atoms with Gasteiger partial charge in [-0.15, -0.1) is 11.3 Å². The van der Waals surface area contributed by atoms with E-state index in [-0.39, 0.29) is 6.10 Å². The molecule has 0 fully saturated rings. The summed E-state index contributed by atoms with van der Waals surface area (Å²) in [6.07, 6.45) is 0.162. The van der Waals surface area contributed by atoms with Crippen LogP contribution in [0.5, 0.6) is 5.75 Å². The summed E-state index contributed by atoms with van der Waals surface area (Å²) < 4.78 is 6.07. The van der Waals surface area contributed by atoms with Crippen molar-refractivity contribution in [3.63, 3.8) is 0 Å². The lowest BCUT2D eigenvalue weighted by atomic mass is 10.0. The summed E-state index contributed by atoms with van der Waals surface area (Å²) in [5.74, 6) is 1.49. The largest absolute Gasteiger partial charge is 0.489 e. The van der Waals surface area contributed by atoms with Gasteiger partial charge in [0.2, 0.25) is 0 Å². The molecular formula is C17H23NOS. The lowest BCUT2D eigenvalue weighted by Gasteiger charge is -2.19. The molecule has 0 bridgehead atoms. The Kier molecular flexibility index (Phi) is 5.62. The maximum atomic E-state index is 6.07. The van der Waals surface area contributed by atoms with E-state index in [0.717, 1.165) is 18.8 Å². The molecule has 20 heavy (non-hydrogen) atoms. The second-order valence-electron chi connectivity index (χ2n) is 5.33. The van der Waals surface area contributed by atoms with E-state index in [0.29, 0.717) is 5.92 Å². The van der Waals surface area contributed by atoms with Gasteiger partial charge in [0.15, 0.2) is 0 Å². The van der Waals surface area contributed by atoms with Gasteiger partial charge >= 0.3 is 0 Å². The fourth-order valence-corrected chi connectivity index (χ4v) is 2.81. The molecule has 1 aromatic carbocycles. The van der Waals surface area contributed by atoms with Gasteiger partial charge in [0.1, 0.15) is 11.9 Å². The van der Waals surface area contributed by atoms with Crippen LogP contribution in [0.25, 0.3) is 0 Å². The standard InChI is InChI=1S/C17H23NOS/c1-13(2)16-8-4-5-9-17(16)19-14(3)11-18-12-15-7-6-10-20-15/h4-10,13-14,18H,11-12H2,1-3H3. The molecule has 1 unspecified atom stereocenters. The highest BCUT2D eigenvalue weighted by Crippen LogP contribution is 2.26. The van der Waals surface area contributed by atoms with Crippen LogP contribution in [0.1, 0.15) is 37.1 Å². The molecule has 3 heteroatoms. The number of rotatable bonds is 7. The molecule has 0 saturated carbocycles. The third kappa shape index (κ3) is 4.36. The van der Waals surface area contributed by atoms with Crippen molar-refractivity contribution in [2.45, 2.75) is 39.3 Å². The van der Waals surface area contributed by atoms with Crippen molar-refractivity contribution in [3.05, 3.63) is 52.2 Å². The van der Waals surface area contributed by atoms with Crippen molar-refractivity contribution in [1.29, 1.82) is 0 Å². The zero-order valence-electron chi connectivity index (χ0n) is 12.4. The first-order chi connectivity index (χ1) is 9.66. The van der Waals surface area contributed by atoms with Crippen molar-refractivity contribution in [1.82, 2.24) is 5.32 Å². The Bertz CT molecular complexity index is 507. The molecule has 1 heterocycles. The molecule has 0 amide bonds. The van der Waals surface area contributed by atoms with E-state index in [1.54, 1.807) is 11.3 Å². The molecular weight excluding hydrogens is 266 g/mol. The summed E-state index contributed by atoms with van der Waals surface area (Å²) in [6.45, 7) is 8.27. The first-order valence-corrected chi connectivity index (χ1v) is 8.03. The van der Waals surface area contributed by atoms with E-state index in [4.69, 9.17) is 4.74 Å². The van der Waals surface area contributed by atoms with Gasteiger partial charge in [-0.2, -0.15) is 0 Å². The first-order valence-electron chi connectivity index (χ1n) is 7.15. The van der Waals surface area contributed by atoms with Crippen LogP contribution in [0.2, 0.25) is 0 Å². The van der Waals surface area contributed by atoms with Gasteiger partial charge in [0.25, 0.3) is 0 Å². The minimum Gasteiger partial charge on any atom is -0.489 e. The SMILES string of the molecule is CC(CNCc1cccs1)Oc1ccccc1C(C)C. The van der Waals surface area contributed by atoms with Gasteiger partial charge in [-0.25, -0.2) is 0 Å². The maximum absolute atomic E-state index is 6.07. The van der Waals surface area contributed by atoms with Crippen LogP contribution >= 0.6 is 11.3 Å². The Labute approximate surface area is 125 Å². The molecule has 1 aromatic heterocycles. The van der Waals surface area contributed by atoms with Crippen LogP contribution in [-0.4, -0.2) is 12.6 Å². The maximum Gasteiger partial charge on any atom is 0.123 e. The number of para-hydroxylation sites is 1. The van der Waals surface area contributed by atoms with Gasteiger partial charge in [-0.1, -0.05) is 38.1 Å². The topological polar surface area (TPSA) is 21.3 Å². The third-order valence-corrected chi connectivity index (χ3v) is 4.06. The normalized spacial score (nSPS) is 12.6. The zero-order chi connectivity index (χ0) is 14.4. The van der Waals surface area contributed by atoms with Crippen molar-refractivity contribution in [3.8, 4) is 5.75 Å². The average Bonchev–Trinajstić information content (AvgIpc) is 2.92. The Morgan fingerprint density at radius 3 is 2.60 bits per heavy atom. The van der Waals surface area contributed by atoms with Crippen LogP contribution in [0.15, 0.2) is 41.8 Å². The summed E-state index contributed by atoms with van der Waals surface area (Å²) in [7, 11) is 0. The number of thiophene rings is 1. The monoisotopic (exact) mass is 289 g/mol. The Balaban J connectivity index is 1.83. The van der Waals surface area contributed by atoms with Crippen molar-refractivity contribution in [2.24, 2.45) is 0 Å². The van der Waals surface area contributed by atoms with Gasteiger partial charge < -0.3 is 10.1 Å². The van der Waals surface area contributed by atoms with E-state index < -0.39 is 0 Å². The molecule has 108 valence electrons. The number of hydrogen-bond donors (Lipinski definition) is 1. The smallest absolute Gasteiger partial charge is 0.123 e. The Hall–Kier alpha value is -1.32. The fourth-order valence-electron chi connectivity index (χ4n) is 2.14. The molecule has 0 radical (unpaired) electrons. The molecule has 2 aromatic rings. The quantitative estimate of drug-likeness (QED) is 0.814. The summed E-state index contributed by atoms with van der Waals surface area (Å²) in [5, 5.41) is 5.55. The van der Waals surface area contributed by atoms with E-state index in [9.17, 15) is 0 Å². The van der Waals surface area contributed by atoms with Crippen molar-refractivity contribution >= 4 is 11.3 Å². The number of nitrogens with one attached hydrogen (secondary N) is 1. The van der Waals surface area contributed by atoms with E-state index in [1.807, 2.05) is 6.07 Å². The number of hydrogen-bond acceptors (Lipinski definition) is 3. The molecule has 2 nitrogen and oxygen atoms in total. The summed E-state index contributed by atoms with van der Waals surface area (Å²) in [5.41, 5.74) is 1.28. The van der Waals surface area contributed by atoms with Crippen LogP contribution in [0.4, 0.5) is 0 Å². The lowest BCUT2D eigenvalue weighted by Crippen LogP contribution is -2.28. The number of benzene rings is 1. The van der Waals surface area contributed by atoms with Crippen LogP contribution in [0.3, 0.4) is 0 Å². The average molecular weight is 289 g/mol. The number of ether oxygens (including phenoxy) is 1. The lowest BCUT2D eigenvalue weighted by molar-refractivity contribution is 0.214. The van der Waals surface area contributed by atoms with Gasteiger partial charge in [-0.3, -0.25) is 0 Å². The minimum absolute atomic E-state index is 0.162. The van der Waals surface area contributed by atoms with Crippen molar-refractivity contribution in [2.75, 3.05) is 6.54 Å². The van der Waals surface area contributed by atoms with Crippen LogP contribution in [0, 0.1) is 0 Å². The van der Waals surface area contributed by atoms with Gasteiger partial charge in [0, 0.05) is 18.0 Å². The van der Waals surface area contributed by atoms with E-state index in [2.05, 4.69) is 61.8 Å². The second-order valence-corrected chi connectivity index (χ2v) is 6.36. The van der Waals surface area contributed by atoms with E-state index in [1.165, 1.54) is 10.4 Å². The summed E-state index contributed by atoms with van der Waals surface area (Å²) in [4.78, 5) is 1.36. The fraction of sp³-hybridized carbons (Fsp3) is 0.412. The van der Waals surface area contributed by atoms with Crippen molar-refractivity contribution < 1.29 is 4.74 Å². The molecule has 2 rings (SSSR count). The molecule has 0 aliphatic rings. The predicted octanol–water partition coefficient (Wildman–Crippen LogP) is 4.43. The second kappa shape index (κ2) is 7.46. The highest BCUT2D eigenvalue weighted by molar-refractivity contribution is 7.09. The minimum atomic E-state index is 0.162. The van der Waals surface area contributed by atoms with E-state index >= 15 is 0 Å². The predicted molar refractivity (Wildman–Crippen MR) is 86.6 cm³/mol. The third-order valence-electron chi connectivity index (χ3n) is 3.18. The summed E-state index contributed by atoms with van der Waals surface area (Å²) in [6, 6.07) is 12.5. The molecule has 1 N–H and O–H groups in total. The Morgan fingerprint density at radius 2 is 1.90 bits per heavy atom. The van der Waals surface area contributed by atoms with Gasteiger partial charge in [0.05, 0.1) is 0 Å². The molecule has 0 aliphatic carbocycles. The highest BCUT2D eigenvalue weighted by Gasteiger charge is 2.10. The molecule has 0 aliphatic heterocycles. The summed E-state index contributed by atoms with van der Waals surface area (Å²) >= 11 is 1.78. The van der Waals surface area contributed by atoms with Crippen LogP contribution in [-0.2, 0) is 6.54 Å². The Morgan fingerprint density at radius 1 is 1.10 bits per heavy atom. The highest BCUT2D eigenvalue weighted by atomic mass is 32.1. The zero-order valence-corrected chi connectivity index (χ0v) is 13.2. The molecule has 1 atom stereocenters.